The highest BCUT2D eigenvalue weighted by Gasteiger charge is 2.25. The molecule has 0 aliphatic heterocycles. The lowest BCUT2D eigenvalue weighted by Crippen LogP contribution is -3.00. The Morgan fingerprint density at radius 3 is 2.28 bits per heavy atom. The fourth-order valence-electron chi connectivity index (χ4n) is 3.90. The first kappa shape index (κ1) is 21.8. The van der Waals surface area contributed by atoms with E-state index in [0.29, 0.717) is 12.6 Å². The second-order valence-corrected chi connectivity index (χ2v) is 8.07. The van der Waals surface area contributed by atoms with Gasteiger partial charge < -0.3 is 17.7 Å². The van der Waals surface area contributed by atoms with Crippen molar-refractivity contribution in [1.29, 1.82) is 0 Å². The number of hydrogen-bond acceptors (Lipinski definition) is 2. The molecule has 2 heterocycles. The zero-order valence-electron chi connectivity index (χ0n) is 17.6. The van der Waals surface area contributed by atoms with Crippen LogP contribution in [0.5, 0.6) is 0 Å². The monoisotopic (exact) mass is 444 g/mol. The van der Waals surface area contributed by atoms with Crippen LogP contribution in [0.1, 0.15) is 35.6 Å². The first-order valence-electron chi connectivity index (χ1n) is 10.7. The molecular weight excluding hydrogens is 420 g/mol. The van der Waals surface area contributed by atoms with Gasteiger partial charge in [0.05, 0.1) is 22.9 Å². The summed E-state index contributed by atoms with van der Waals surface area (Å²) in [6.07, 6.45) is 6.10. The average Bonchev–Trinajstić information content (AvgIpc) is 3.48. The second-order valence-electron chi connectivity index (χ2n) is 8.07. The van der Waals surface area contributed by atoms with E-state index in [1.165, 1.54) is 11.1 Å². The summed E-state index contributed by atoms with van der Waals surface area (Å²) < 4.78 is 1.92. The van der Waals surface area contributed by atoms with Crippen molar-refractivity contribution in [2.45, 2.75) is 31.3 Å². The highest BCUT2D eigenvalue weighted by atomic mass is 35.5. The SMILES string of the molecule is O=C(C[n+]1cccc(-c2cc(C(c3ccccc3)c3ccccc3)n[nH]2)c1)NC1CC1.[Cl-]. The normalized spacial score (nSPS) is 12.9. The second kappa shape index (κ2) is 9.79. The molecule has 0 bridgehead atoms. The van der Waals surface area contributed by atoms with Gasteiger partial charge in [-0.15, -0.1) is 0 Å². The van der Waals surface area contributed by atoms with Crippen LogP contribution in [0, 0.1) is 0 Å². The van der Waals surface area contributed by atoms with Crippen LogP contribution in [0.3, 0.4) is 0 Å². The maximum atomic E-state index is 12.2. The number of pyridine rings is 1. The number of halogens is 1. The predicted octanol–water partition coefficient (Wildman–Crippen LogP) is 0.827. The summed E-state index contributed by atoms with van der Waals surface area (Å²) in [5.41, 5.74) is 5.30. The molecule has 32 heavy (non-hydrogen) atoms. The summed E-state index contributed by atoms with van der Waals surface area (Å²) in [4.78, 5) is 12.2. The van der Waals surface area contributed by atoms with Crippen LogP contribution in [-0.4, -0.2) is 22.1 Å². The quantitative estimate of drug-likeness (QED) is 0.415. The van der Waals surface area contributed by atoms with E-state index in [1.54, 1.807) is 0 Å². The molecule has 1 aliphatic rings. The third kappa shape index (κ3) is 5.06. The lowest BCUT2D eigenvalue weighted by atomic mass is 9.88. The summed E-state index contributed by atoms with van der Waals surface area (Å²) in [5.74, 6) is 0.107. The van der Waals surface area contributed by atoms with E-state index >= 15 is 0 Å². The molecule has 1 fully saturated rings. The summed E-state index contributed by atoms with van der Waals surface area (Å²) in [6, 6.07) is 27.3. The van der Waals surface area contributed by atoms with E-state index < -0.39 is 0 Å². The molecule has 5 rings (SSSR count). The summed E-state index contributed by atoms with van der Waals surface area (Å²) >= 11 is 0. The van der Waals surface area contributed by atoms with Gasteiger partial charge in [-0.05, 0) is 36.1 Å². The number of carbonyl (C=O) groups excluding carboxylic acids is 1. The van der Waals surface area contributed by atoms with Crippen molar-refractivity contribution in [2.24, 2.45) is 0 Å². The van der Waals surface area contributed by atoms with Gasteiger partial charge >= 0.3 is 0 Å². The largest absolute Gasteiger partial charge is 1.00 e. The number of hydrogen-bond donors (Lipinski definition) is 2. The molecule has 0 atom stereocenters. The maximum Gasteiger partial charge on any atom is 0.286 e. The highest BCUT2D eigenvalue weighted by molar-refractivity contribution is 5.75. The van der Waals surface area contributed by atoms with Gasteiger partial charge in [-0.1, -0.05) is 60.7 Å². The Hall–Kier alpha value is -3.44. The van der Waals surface area contributed by atoms with E-state index in [9.17, 15) is 4.79 Å². The fourth-order valence-corrected chi connectivity index (χ4v) is 3.90. The molecule has 0 radical (unpaired) electrons. The zero-order valence-corrected chi connectivity index (χ0v) is 18.4. The number of nitrogens with one attached hydrogen (secondary N) is 2. The number of benzene rings is 2. The Morgan fingerprint density at radius 1 is 1.00 bits per heavy atom. The van der Waals surface area contributed by atoms with Crippen LogP contribution >= 0.6 is 0 Å². The fraction of sp³-hybridized carbons (Fsp3) is 0.192. The van der Waals surface area contributed by atoms with Crippen LogP contribution in [0.15, 0.2) is 91.3 Å². The molecule has 2 aromatic heterocycles. The first-order chi connectivity index (χ1) is 15.3. The molecule has 6 heteroatoms. The smallest absolute Gasteiger partial charge is 0.286 e. The molecule has 0 spiro atoms. The van der Waals surface area contributed by atoms with Gasteiger partial charge in [0.1, 0.15) is 0 Å². The van der Waals surface area contributed by atoms with Crippen molar-refractivity contribution >= 4 is 5.91 Å². The number of aromatic amines is 1. The Kier molecular flexibility index (Phi) is 6.66. The van der Waals surface area contributed by atoms with Gasteiger partial charge in [0, 0.05) is 12.1 Å². The standard InChI is InChI=1S/C26H24N4O.ClH/c31-25(27-22-13-14-22)18-30-15-7-12-21(17-30)23-16-24(29-28-23)26(19-8-3-1-4-9-19)20-10-5-2-6-11-20;/h1-12,15-17,22,26H,13-14,18H2,(H-,27,28,29,31);1H. The number of amides is 1. The molecular formula is C26H25ClN4O. The van der Waals surface area contributed by atoms with Crippen molar-refractivity contribution in [2.75, 3.05) is 0 Å². The van der Waals surface area contributed by atoms with E-state index in [4.69, 9.17) is 0 Å². The van der Waals surface area contributed by atoms with Gasteiger partial charge in [0.2, 0.25) is 6.54 Å². The third-order valence-corrected chi connectivity index (χ3v) is 5.60. The van der Waals surface area contributed by atoms with Crippen molar-refractivity contribution in [3.05, 3.63) is 108 Å². The number of aromatic nitrogens is 3. The first-order valence-corrected chi connectivity index (χ1v) is 10.7. The van der Waals surface area contributed by atoms with Crippen molar-refractivity contribution in [1.82, 2.24) is 15.5 Å². The van der Waals surface area contributed by atoms with Gasteiger partial charge in [-0.25, -0.2) is 0 Å². The number of carbonyl (C=O) groups is 1. The van der Waals surface area contributed by atoms with Crippen molar-refractivity contribution < 1.29 is 21.8 Å². The lowest BCUT2D eigenvalue weighted by Gasteiger charge is -2.15. The molecule has 5 nitrogen and oxygen atoms in total. The highest BCUT2D eigenvalue weighted by Crippen LogP contribution is 2.32. The third-order valence-electron chi connectivity index (χ3n) is 5.60. The van der Waals surface area contributed by atoms with E-state index in [1.807, 2.05) is 41.2 Å². The number of rotatable bonds is 7. The molecule has 1 aliphatic carbocycles. The Morgan fingerprint density at radius 2 is 1.66 bits per heavy atom. The predicted molar refractivity (Wildman–Crippen MR) is 119 cm³/mol. The van der Waals surface area contributed by atoms with E-state index in [2.05, 4.69) is 70.1 Å². The minimum atomic E-state index is 0. The van der Waals surface area contributed by atoms with Gasteiger partial charge in [0.25, 0.3) is 5.91 Å². The molecule has 0 saturated heterocycles. The van der Waals surface area contributed by atoms with Gasteiger partial charge in [-0.3, -0.25) is 9.89 Å². The Labute approximate surface area is 193 Å². The lowest BCUT2D eigenvalue weighted by molar-refractivity contribution is -0.684. The Bertz CT molecular complexity index is 1130. The minimum Gasteiger partial charge on any atom is -1.00 e. The average molecular weight is 445 g/mol. The van der Waals surface area contributed by atoms with Crippen LogP contribution in [0.25, 0.3) is 11.3 Å². The number of H-pyrrole nitrogens is 1. The zero-order chi connectivity index (χ0) is 21.0. The van der Waals surface area contributed by atoms with Gasteiger partial charge in [0.15, 0.2) is 12.4 Å². The Balaban J connectivity index is 0.00000245. The molecule has 4 aromatic rings. The van der Waals surface area contributed by atoms with E-state index in [-0.39, 0.29) is 24.2 Å². The summed E-state index contributed by atoms with van der Waals surface area (Å²) in [7, 11) is 0. The maximum absolute atomic E-state index is 12.2. The van der Waals surface area contributed by atoms with Crippen molar-refractivity contribution in [3.63, 3.8) is 0 Å². The van der Waals surface area contributed by atoms with E-state index in [0.717, 1.165) is 29.8 Å². The minimum absolute atomic E-state index is 0. The van der Waals surface area contributed by atoms with Crippen LogP contribution < -0.4 is 22.3 Å². The topological polar surface area (TPSA) is 61.7 Å². The molecule has 2 N–H and O–H groups in total. The molecule has 1 saturated carbocycles. The summed E-state index contributed by atoms with van der Waals surface area (Å²) in [5, 5.41) is 10.9. The molecule has 0 unspecified atom stereocenters. The number of nitrogens with zero attached hydrogens (tertiary/aromatic N) is 2. The molecule has 162 valence electrons. The van der Waals surface area contributed by atoms with Crippen LogP contribution in [-0.2, 0) is 11.3 Å². The van der Waals surface area contributed by atoms with Crippen LogP contribution in [0.4, 0.5) is 0 Å². The van der Waals surface area contributed by atoms with Crippen molar-refractivity contribution in [3.8, 4) is 11.3 Å². The summed E-state index contributed by atoms with van der Waals surface area (Å²) in [6.45, 7) is 0.321. The van der Waals surface area contributed by atoms with Gasteiger partial charge in [-0.2, -0.15) is 9.67 Å². The molecule has 1 amide bonds. The molecule has 2 aromatic carbocycles. The van der Waals surface area contributed by atoms with Crippen LogP contribution in [0.2, 0.25) is 0 Å².